The van der Waals surface area contributed by atoms with Crippen LogP contribution < -0.4 is 5.56 Å². The fourth-order valence-corrected chi connectivity index (χ4v) is 3.36. The van der Waals surface area contributed by atoms with E-state index in [1.54, 1.807) is 36.7 Å². The van der Waals surface area contributed by atoms with Crippen molar-refractivity contribution in [1.82, 2.24) is 19.9 Å². The summed E-state index contributed by atoms with van der Waals surface area (Å²) >= 11 is 0. The Morgan fingerprint density at radius 1 is 1.25 bits per heavy atom. The first-order valence-electron chi connectivity index (χ1n) is 8.73. The summed E-state index contributed by atoms with van der Waals surface area (Å²) in [5, 5.41) is 21.1. The molecule has 0 unspecified atom stereocenters. The number of nitro groups is 1. The average molecular weight is 379 g/mol. The van der Waals surface area contributed by atoms with Crippen LogP contribution >= 0.6 is 0 Å². The molecule has 3 aromatic rings. The van der Waals surface area contributed by atoms with Gasteiger partial charge in [-0.05, 0) is 12.1 Å². The number of aromatic hydroxyl groups is 1. The van der Waals surface area contributed by atoms with E-state index in [0.29, 0.717) is 43.0 Å². The van der Waals surface area contributed by atoms with Crippen LogP contribution in [0.2, 0.25) is 0 Å². The van der Waals surface area contributed by atoms with Gasteiger partial charge >= 0.3 is 5.69 Å². The van der Waals surface area contributed by atoms with Crippen molar-refractivity contribution >= 4 is 5.69 Å². The number of H-pyrrole nitrogens is 1. The SMILES string of the molecule is O=c1[nH]c(-c2ccncc2)nc2c1CN(Cc1cccc([N+](=O)[O-])c1O)CC2. The number of hydrogen-bond donors (Lipinski definition) is 2. The molecule has 28 heavy (non-hydrogen) atoms. The summed E-state index contributed by atoms with van der Waals surface area (Å²) in [6.45, 7) is 1.29. The predicted octanol–water partition coefficient (Wildman–Crippen LogP) is 2.00. The van der Waals surface area contributed by atoms with Gasteiger partial charge in [0, 0.05) is 55.6 Å². The Kier molecular flexibility index (Phi) is 4.58. The van der Waals surface area contributed by atoms with Crippen LogP contribution in [0.1, 0.15) is 16.8 Å². The second-order valence-electron chi connectivity index (χ2n) is 6.58. The Bertz CT molecular complexity index is 1100. The van der Waals surface area contributed by atoms with Gasteiger partial charge in [-0.1, -0.05) is 12.1 Å². The molecule has 142 valence electrons. The van der Waals surface area contributed by atoms with E-state index in [1.165, 1.54) is 6.07 Å². The Morgan fingerprint density at radius 3 is 2.79 bits per heavy atom. The number of rotatable bonds is 4. The molecule has 0 saturated heterocycles. The third-order valence-corrected chi connectivity index (χ3v) is 4.79. The first kappa shape index (κ1) is 17.8. The van der Waals surface area contributed by atoms with Gasteiger partial charge in [-0.15, -0.1) is 0 Å². The normalized spacial score (nSPS) is 13.9. The number of nitro benzene ring substituents is 1. The summed E-state index contributed by atoms with van der Waals surface area (Å²) in [5.41, 5.74) is 2.04. The van der Waals surface area contributed by atoms with Crippen molar-refractivity contribution in [1.29, 1.82) is 0 Å². The summed E-state index contributed by atoms with van der Waals surface area (Å²) in [5.74, 6) is 0.175. The molecule has 1 aliphatic heterocycles. The predicted molar refractivity (Wildman–Crippen MR) is 101 cm³/mol. The van der Waals surface area contributed by atoms with Crippen LogP contribution in [0, 0.1) is 10.1 Å². The first-order valence-corrected chi connectivity index (χ1v) is 8.73. The zero-order valence-electron chi connectivity index (χ0n) is 14.8. The third kappa shape index (κ3) is 3.35. The van der Waals surface area contributed by atoms with Crippen LogP contribution in [0.15, 0.2) is 47.5 Å². The molecule has 9 nitrogen and oxygen atoms in total. The molecule has 0 amide bonds. The number of para-hydroxylation sites is 1. The van der Waals surface area contributed by atoms with Crippen LogP contribution in [0.4, 0.5) is 5.69 Å². The second kappa shape index (κ2) is 7.20. The second-order valence-corrected chi connectivity index (χ2v) is 6.58. The molecule has 2 aromatic heterocycles. The van der Waals surface area contributed by atoms with Gasteiger partial charge in [0.2, 0.25) is 0 Å². The number of pyridine rings is 1. The van der Waals surface area contributed by atoms with E-state index in [2.05, 4.69) is 15.0 Å². The lowest BCUT2D eigenvalue weighted by Gasteiger charge is -2.27. The maximum atomic E-state index is 12.6. The smallest absolute Gasteiger partial charge is 0.311 e. The van der Waals surface area contributed by atoms with Gasteiger partial charge in [-0.3, -0.25) is 24.8 Å². The molecule has 9 heteroatoms. The first-order chi connectivity index (χ1) is 13.5. The lowest BCUT2D eigenvalue weighted by atomic mass is 10.0. The summed E-state index contributed by atoms with van der Waals surface area (Å²) in [7, 11) is 0. The minimum Gasteiger partial charge on any atom is -0.502 e. The van der Waals surface area contributed by atoms with Crippen LogP contribution in [0.3, 0.4) is 0 Å². The molecule has 4 rings (SSSR count). The number of hydrogen-bond acceptors (Lipinski definition) is 7. The maximum absolute atomic E-state index is 12.6. The Labute approximate surface area is 159 Å². The molecule has 0 atom stereocenters. The zero-order valence-corrected chi connectivity index (χ0v) is 14.8. The lowest BCUT2D eigenvalue weighted by Crippen LogP contribution is -2.35. The van der Waals surface area contributed by atoms with Crippen molar-refractivity contribution in [3.8, 4) is 17.1 Å². The Morgan fingerprint density at radius 2 is 2.04 bits per heavy atom. The standard InChI is InChI=1S/C19H17N5O4/c25-17-13(2-1-3-16(17)24(27)28)10-23-9-6-15-14(11-23)19(26)22-18(21-15)12-4-7-20-8-5-12/h1-5,7-8,25H,6,9-11H2,(H,21,22,26). The van der Waals surface area contributed by atoms with E-state index in [4.69, 9.17) is 0 Å². The van der Waals surface area contributed by atoms with E-state index in [1.807, 2.05) is 4.90 Å². The number of phenols is 1. The fourth-order valence-electron chi connectivity index (χ4n) is 3.36. The minimum atomic E-state index is -0.612. The monoisotopic (exact) mass is 379 g/mol. The highest BCUT2D eigenvalue weighted by Gasteiger charge is 2.24. The quantitative estimate of drug-likeness (QED) is 0.524. The molecule has 0 radical (unpaired) electrons. The number of phenolic OH excluding ortho intramolecular Hbond substituents is 1. The van der Waals surface area contributed by atoms with Gasteiger partial charge < -0.3 is 10.1 Å². The molecule has 1 aromatic carbocycles. The van der Waals surface area contributed by atoms with E-state index >= 15 is 0 Å². The van der Waals surface area contributed by atoms with E-state index in [9.17, 15) is 20.0 Å². The summed E-state index contributed by atoms with van der Waals surface area (Å²) in [6, 6.07) is 8.02. The lowest BCUT2D eigenvalue weighted by molar-refractivity contribution is -0.385. The summed E-state index contributed by atoms with van der Waals surface area (Å²) < 4.78 is 0. The number of aromatic amines is 1. The molecule has 0 bridgehead atoms. The average Bonchev–Trinajstić information content (AvgIpc) is 2.70. The van der Waals surface area contributed by atoms with E-state index < -0.39 is 4.92 Å². The van der Waals surface area contributed by atoms with Crippen molar-refractivity contribution in [3.63, 3.8) is 0 Å². The molecule has 0 spiro atoms. The third-order valence-electron chi connectivity index (χ3n) is 4.79. The Balaban J connectivity index is 1.59. The van der Waals surface area contributed by atoms with Crippen molar-refractivity contribution in [2.75, 3.05) is 6.54 Å². The number of nitrogens with one attached hydrogen (secondary N) is 1. The van der Waals surface area contributed by atoms with Crippen LogP contribution in [-0.4, -0.2) is 36.4 Å². The molecule has 0 aliphatic carbocycles. The van der Waals surface area contributed by atoms with Gasteiger partial charge in [0.15, 0.2) is 5.75 Å². The van der Waals surface area contributed by atoms with Crippen molar-refractivity contribution in [2.45, 2.75) is 19.5 Å². The van der Waals surface area contributed by atoms with E-state index in [-0.39, 0.29) is 17.0 Å². The highest BCUT2D eigenvalue weighted by atomic mass is 16.6. The highest BCUT2D eigenvalue weighted by Crippen LogP contribution is 2.31. The molecule has 3 heterocycles. The molecular formula is C19H17N5O4. The number of aromatic nitrogens is 3. The van der Waals surface area contributed by atoms with Crippen LogP contribution in [0.25, 0.3) is 11.4 Å². The van der Waals surface area contributed by atoms with Crippen molar-refractivity contribution in [2.24, 2.45) is 0 Å². The number of benzene rings is 1. The zero-order chi connectivity index (χ0) is 19.7. The van der Waals surface area contributed by atoms with Gasteiger partial charge in [0.1, 0.15) is 5.82 Å². The minimum absolute atomic E-state index is 0.204. The van der Waals surface area contributed by atoms with E-state index in [0.717, 1.165) is 11.3 Å². The van der Waals surface area contributed by atoms with Crippen LogP contribution in [0.5, 0.6) is 5.75 Å². The number of fused-ring (bicyclic) bond motifs is 1. The fraction of sp³-hybridized carbons (Fsp3) is 0.211. The van der Waals surface area contributed by atoms with Crippen molar-refractivity contribution < 1.29 is 10.0 Å². The van der Waals surface area contributed by atoms with Gasteiger partial charge in [0.25, 0.3) is 5.56 Å². The molecule has 2 N–H and O–H groups in total. The summed E-state index contributed by atoms with van der Waals surface area (Å²) in [4.78, 5) is 36.3. The maximum Gasteiger partial charge on any atom is 0.311 e. The summed E-state index contributed by atoms with van der Waals surface area (Å²) in [6.07, 6.45) is 3.86. The molecule has 0 saturated carbocycles. The largest absolute Gasteiger partial charge is 0.502 e. The van der Waals surface area contributed by atoms with Gasteiger partial charge in [0.05, 0.1) is 16.2 Å². The molecular weight excluding hydrogens is 362 g/mol. The van der Waals surface area contributed by atoms with Crippen molar-refractivity contribution in [3.05, 3.63) is 80.0 Å². The molecule has 0 fully saturated rings. The number of nitrogens with zero attached hydrogens (tertiary/aromatic N) is 4. The molecule has 1 aliphatic rings. The van der Waals surface area contributed by atoms with Gasteiger partial charge in [-0.25, -0.2) is 4.98 Å². The highest BCUT2D eigenvalue weighted by molar-refractivity contribution is 5.54. The van der Waals surface area contributed by atoms with Crippen LogP contribution in [-0.2, 0) is 19.5 Å². The van der Waals surface area contributed by atoms with Gasteiger partial charge in [-0.2, -0.15) is 0 Å². The Hall–Kier alpha value is -3.59. The topological polar surface area (TPSA) is 125 Å².